The highest BCUT2D eigenvalue weighted by molar-refractivity contribution is 5.94. The summed E-state index contributed by atoms with van der Waals surface area (Å²) in [5.41, 5.74) is 2.31. The fourth-order valence-corrected chi connectivity index (χ4v) is 5.75. The second-order valence-electron chi connectivity index (χ2n) is 9.56. The molecule has 1 saturated carbocycles. The molecule has 182 valence electrons. The molecule has 0 bridgehead atoms. The lowest BCUT2D eigenvalue weighted by atomic mass is 9.86. The molecule has 2 atom stereocenters. The first kappa shape index (κ1) is 22.1. The number of ether oxygens (including phenoxy) is 1. The number of carboxylic acid groups (broad SMARTS) is 1. The van der Waals surface area contributed by atoms with Crippen molar-refractivity contribution in [3.8, 4) is 5.69 Å². The number of aromatic nitrogens is 4. The molecule has 2 fully saturated rings. The lowest BCUT2D eigenvalue weighted by Gasteiger charge is -2.27. The molecule has 0 spiro atoms. The lowest BCUT2D eigenvalue weighted by Crippen LogP contribution is -2.35. The molecule has 2 aliphatic rings. The highest BCUT2D eigenvalue weighted by atomic mass is 19.2. The third kappa shape index (κ3) is 3.51. The summed E-state index contributed by atoms with van der Waals surface area (Å²) in [6.07, 6.45) is 3.75. The molecule has 4 heterocycles. The Hall–Kier alpha value is -3.37. The van der Waals surface area contributed by atoms with Crippen molar-refractivity contribution in [2.24, 2.45) is 0 Å². The van der Waals surface area contributed by atoms with E-state index in [9.17, 15) is 23.8 Å². The molecule has 1 aliphatic carbocycles. The van der Waals surface area contributed by atoms with Gasteiger partial charge < -0.3 is 19.5 Å². The number of carboxylic acids is 1. The summed E-state index contributed by atoms with van der Waals surface area (Å²) in [6.45, 7) is 1.12. The van der Waals surface area contributed by atoms with Gasteiger partial charge in [-0.25, -0.2) is 18.6 Å². The Morgan fingerprint density at radius 1 is 1.14 bits per heavy atom. The van der Waals surface area contributed by atoms with Crippen molar-refractivity contribution in [3.63, 3.8) is 0 Å². The number of hydrogen-bond donors (Lipinski definition) is 3. The van der Waals surface area contributed by atoms with E-state index in [1.54, 1.807) is 6.20 Å². The number of fused-ring (bicyclic) bond motifs is 2. The SMILES string of the molecule is O=C(O)[C@]1(O)CC[C@@H](c2c(C3CCOCC3)n(-c3ccc(F)c(F)c3)c3cc4cn[nH]c4nc23)C1. The Morgan fingerprint density at radius 3 is 2.66 bits per heavy atom. The molecule has 4 aromatic rings. The van der Waals surface area contributed by atoms with Crippen LogP contribution in [0.15, 0.2) is 30.5 Å². The minimum Gasteiger partial charge on any atom is -0.479 e. The van der Waals surface area contributed by atoms with Gasteiger partial charge in [-0.1, -0.05) is 0 Å². The number of pyridine rings is 1. The number of benzene rings is 1. The quantitative estimate of drug-likeness (QED) is 0.403. The van der Waals surface area contributed by atoms with Crippen molar-refractivity contribution in [1.82, 2.24) is 19.7 Å². The molecule has 1 aromatic carbocycles. The van der Waals surface area contributed by atoms with Crippen LogP contribution in [0, 0.1) is 11.6 Å². The van der Waals surface area contributed by atoms with Crippen LogP contribution in [-0.4, -0.2) is 54.7 Å². The van der Waals surface area contributed by atoms with E-state index in [0.717, 1.165) is 35.6 Å². The predicted octanol–water partition coefficient (Wildman–Crippen LogP) is 4.16. The van der Waals surface area contributed by atoms with E-state index in [2.05, 4.69) is 10.2 Å². The number of hydrogen-bond acceptors (Lipinski definition) is 5. The Labute approximate surface area is 198 Å². The van der Waals surface area contributed by atoms with Gasteiger partial charge in [0.25, 0.3) is 0 Å². The topological polar surface area (TPSA) is 113 Å². The molecule has 0 unspecified atom stereocenters. The Kier molecular flexibility index (Phi) is 5.12. The van der Waals surface area contributed by atoms with Gasteiger partial charge in [0.2, 0.25) is 0 Å². The average Bonchev–Trinajstić information content (AvgIpc) is 3.55. The molecule has 10 heteroatoms. The monoisotopic (exact) mass is 482 g/mol. The standard InChI is InChI=1S/C25H24F2N4O4/c26-17-2-1-16(10-18(17)27)31-19-9-15-12-28-30-23(15)29-21(19)20(22(31)13-4-7-35-8-5-13)14-3-6-25(34,11-14)24(32)33/h1-2,9-10,12-14,34H,3-8,11H2,(H,32,33)(H,28,29,30)/t14-,25+/m1/s1. The van der Waals surface area contributed by atoms with E-state index in [1.807, 2.05) is 10.6 Å². The van der Waals surface area contributed by atoms with Gasteiger partial charge in [-0.15, -0.1) is 0 Å². The van der Waals surface area contributed by atoms with Crippen LogP contribution in [0.5, 0.6) is 0 Å². The highest BCUT2D eigenvalue weighted by Crippen LogP contribution is 2.49. The van der Waals surface area contributed by atoms with Gasteiger partial charge in [-0.05, 0) is 56.2 Å². The Balaban J connectivity index is 1.67. The molecule has 8 nitrogen and oxygen atoms in total. The van der Waals surface area contributed by atoms with Crippen LogP contribution in [0.2, 0.25) is 0 Å². The van der Waals surface area contributed by atoms with Crippen molar-refractivity contribution in [1.29, 1.82) is 0 Å². The number of nitrogens with one attached hydrogen (secondary N) is 1. The zero-order valence-electron chi connectivity index (χ0n) is 18.8. The van der Waals surface area contributed by atoms with Gasteiger partial charge >= 0.3 is 5.97 Å². The third-order valence-corrected chi connectivity index (χ3v) is 7.49. The van der Waals surface area contributed by atoms with E-state index < -0.39 is 23.2 Å². The number of halogens is 2. The summed E-state index contributed by atoms with van der Waals surface area (Å²) in [5, 5.41) is 28.1. The second-order valence-corrected chi connectivity index (χ2v) is 9.56. The van der Waals surface area contributed by atoms with E-state index in [4.69, 9.17) is 9.72 Å². The zero-order chi connectivity index (χ0) is 24.3. The molecule has 3 N–H and O–H groups in total. The van der Waals surface area contributed by atoms with Gasteiger partial charge in [0.1, 0.15) is 0 Å². The van der Waals surface area contributed by atoms with Crippen LogP contribution in [0.4, 0.5) is 8.78 Å². The molecule has 1 saturated heterocycles. The van der Waals surface area contributed by atoms with Crippen LogP contribution in [0.1, 0.15) is 55.2 Å². The van der Waals surface area contributed by atoms with Crippen molar-refractivity contribution >= 4 is 28.0 Å². The number of aliphatic carboxylic acids is 1. The first-order valence-electron chi connectivity index (χ1n) is 11.7. The summed E-state index contributed by atoms with van der Waals surface area (Å²) in [6, 6.07) is 5.72. The second kappa shape index (κ2) is 8.10. The summed E-state index contributed by atoms with van der Waals surface area (Å²) in [7, 11) is 0. The smallest absolute Gasteiger partial charge is 0.335 e. The summed E-state index contributed by atoms with van der Waals surface area (Å²) in [5.74, 6) is -3.36. The van der Waals surface area contributed by atoms with E-state index in [-0.39, 0.29) is 24.7 Å². The molecule has 1 aliphatic heterocycles. The maximum atomic E-state index is 14.4. The first-order chi connectivity index (χ1) is 16.9. The molecule has 0 amide bonds. The summed E-state index contributed by atoms with van der Waals surface area (Å²) in [4.78, 5) is 16.7. The van der Waals surface area contributed by atoms with Gasteiger partial charge in [-0.3, -0.25) is 5.10 Å². The number of rotatable bonds is 4. The van der Waals surface area contributed by atoms with Crippen LogP contribution >= 0.6 is 0 Å². The van der Waals surface area contributed by atoms with Gasteiger partial charge in [0, 0.05) is 47.5 Å². The normalized spacial score (nSPS) is 23.5. The third-order valence-electron chi connectivity index (χ3n) is 7.49. The van der Waals surface area contributed by atoms with E-state index in [0.29, 0.717) is 42.0 Å². The molecule has 35 heavy (non-hydrogen) atoms. The van der Waals surface area contributed by atoms with Gasteiger partial charge in [0.15, 0.2) is 22.9 Å². The van der Waals surface area contributed by atoms with E-state index >= 15 is 0 Å². The van der Waals surface area contributed by atoms with Crippen LogP contribution in [-0.2, 0) is 9.53 Å². The van der Waals surface area contributed by atoms with Crippen molar-refractivity contribution in [2.75, 3.05) is 13.2 Å². The minimum absolute atomic E-state index is 0.0380. The molecular formula is C25H24F2N4O4. The number of nitrogens with zero attached hydrogens (tertiary/aromatic N) is 3. The number of H-pyrrole nitrogens is 1. The van der Waals surface area contributed by atoms with Crippen molar-refractivity contribution in [2.45, 2.75) is 49.5 Å². The lowest BCUT2D eigenvalue weighted by molar-refractivity contribution is -0.157. The largest absolute Gasteiger partial charge is 0.479 e. The number of aliphatic hydroxyl groups is 1. The number of carbonyl (C=O) groups is 1. The van der Waals surface area contributed by atoms with Crippen LogP contribution in [0.3, 0.4) is 0 Å². The summed E-state index contributed by atoms with van der Waals surface area (Å²) >= 11 is 0. The van der Waals surface area contributed by atoms with Gasteiger partial charge in [0.05, 0.1) is 17.2 Å². The van der Waals surface area contributed by atoms with Crippen LogP contribution < -0.4 is 0 Å². The Bertz CT molecular complexity index is 1460. The summed E-state index contributed by atoms with van der Waals surface area (Å²) < 4.78 is 35.8. The predicted molar refractivity (Wildman–Crippen MR) is 123 cm³/mol. The van der Waals surface area contributed by atoms with E-state index in [1.165, 1.54) is 12.1 Å². The maximum Gasteiger partial charge on any atom is 0.335 e. The Morgan fingerprint density at radius 2 is 1.94 bits per heavy atom. The van der Waals surface area contributed by atoms with Gasteiger partial charge in [-0.2, -0.15) is 5.10 Å². The van der Waals surface area contributed by atoms with Crippen molar-refractivity contribution < 1.29 is 28.5 Å². The van der Waals surface area contributed by atoms with Crippen molar-refractivity contribution in [3.05, 3.63) is 53.4 Å². The zero-order valence-corrected chi connectivity index (χ0v) is 18.8. The average molecular weight is 482 g/mol. The fraction of sp³-hybridized carbons (Fsp3) is 0.400. The molecule has 0 radical (unpaired) electrons. The molecule has 6 rings (SSSR count). The molecular weight excluding hydrogens is 458 g/mol. The minimum atomic E-state index is -1.81. The molecule has 3 aromatic heterocycles. The number of aromatic amines is 1. The maximum absolute atomic E-state index is 14.4. The first-order valence-corrected chi connectivity index (χ1v) is 11.7. The highest BCUT2D eigenvalue weighted by Gasteiger charge is 2.46. The van der Waals surface area contributed by atoms with Crippen LogP contribution in [0.25, 0.3) is 27.8 Å². The fourth-order valence-electron chi connectivity index (χ4n) is 5.75.